The van der Waals surface area contributed by atoms with Crippen molar-refractivity contribution in [3.05, 3.63) is 112 Å². The van der Waals surface area contributed by atoms with Crippen LogP contribution < -0.4 is 10.2 Å². The van der Waals surface area contributed by atoms with Crippen molar-refractivity contribution in [2.45, 2.75) is 6.61 Å². The Morgan fingerprint density at radius 2 is 1.86 bits per heavy atom. The van der Waals surface area contributed by atoms with E-state index in [1.807, 2.05) is 66.7 Å². The van der Waals surface area contributed by atoms with Gasteiger partial charge in [-0.05, 0) is 47.2 Å². The molecule has 5 aromatic rings. The summed E-state index contributed by atoms with van der Waals surface area (Å²) in [7, 11) is 0. The van der Waals surface area contributed by atoms with Gasteiger partial charge in [0.05, 0.1) is 17.8 Å². The molecule has 0 bridgehead atoms. The highest BCUT2D eigenvalue weighted by Gasteiger charge is 2.13. The van der Waals surface area contributed by atoms with E-state index in [1.54, 1.807) is 24.4 Å². The van der Waals surface area contributed by atoms with Crippen LogP contribution in [0.5, 0.6) is 5.75 Å². The quantitative estimate of drug-likeness (QED) is 0.201. The zero-order valence-corrected chi connectivity index (χ0v) is 20.0. The van der Waals surface area contributed by atoms with E-state index in [0.717, 1.165) is 26.2 Å². The first-order chi connectivity index (χ1) is 17.1. The Labute approximate surface area is 209 Å². The third-order valence-corrected chi connectivity index (χ3v) is 6.01. The molecule has 0 saturated heterocycles. The predicted octanol–water partition coefficient (Wildman–Crippen LogP) is 6.56. The van der Waals surface area contributed by atoms with Crippen molar-refractivity contribution < 1.29 is 13.9 Å². The van der Waals surface area contributed by atoms with Crippen molar-refractivity contribution in [2.75, 3.05) is 0 Å². The van der Waals surface area contributed by atoms with E-state index in [-0.39, 0.29) is 12.4 Å². The number of carbonyl (C=O) groups excluding carboxylic acids is 1. The van der Waals surface area contributed by atoms with Gasteiger partial charge in [-0.1, -0.05) is 64.5 Å². The van der Waals surface area contributed by atoms with Crippen LogP contribution in [0, 0.1) is 11.3 Å². The highest BCUT2D eigenvalue weighted by Crippen LogP contribution is 2.28. The fraction of sp³-hybridized carbons (Fsp3) is 0.0357. The van der Waals surface area contributed by atoms with Gasteiger partial charge in [-0.2, -0.15) is 10.4 Å². The molecule has 1 aromatic heterocycles. The minimum Gasteiger partial charge on any atom is -0.488 e. The third kappa shape index (κ3) is 4.79. The zero-order chi connectivity index (χ0) is 24.2. The lowest BCUT2D eigenvalue weighted by Crippen LogP contribution is -2.16. The lowest BCUT2D eigenvalue weighted by molar-refractivity contribution is 0.0929. The summed E-state index contributed by atoms with van der Waals surface area (Å²) < 4.78 is 12.6. The van der Waals surface area contributed by atoms with Gasteiger partial charge in [0, 0.05) is 21.0 Å². The van der Waals surface area contributed by atoms with Crippen molar-refractivity contribution in [1.82, 2.24) is 5.43 Å². The number of carbonyl (C=O) groups is 1. The molecule has 0 radical (unpaired) electrons. The maximum absolute atomic E-state index is 12.6. The largest absolute Gasteiger partial charge is 0.488 e. The summed E-state index contributed by atoms with van der Waals surface area (Å²) in [5.74, 6) is 0.292. The SMILES string of the molecule is N#Cc1ccccc1COc1ccc2ccccc2c1/C=N/NC(=O)c1cc2cc(Br)ccc2o1. The third-order valence-electron chi connectivity index (χ3n) is 5.51. The van der Waals surface area contributed by atoms with Gasteiger partial charge < -0.3 is 9.15 Å². The van der Waals surface area contributed by atoms with Crippen LogP contribution in [-0.2, 0) is 6.61 Å². The molecule has 0 fully saturated rings. The average Bonchev–Trinajstić information content (AvgIpc) is 3.31. The molecule has 0 aliphatic carbocycles. The van der Waals surface area contributed by atoms with E-state index in [2.05, 4.69) is 32.5 Å². The number of rotatable bonds is 6. The average molecular weight is 524 g/mol. The van der Waals surface area contributed by atoms with Crippen molar-refractivity contribution in [3.8, 4) is 11.8 Å². The second-order valence-corrected chi connectivity index (χ2v) is 8.66. The van der Waals surface area contributed by atoms with E-state index in [1.165, 1.54) is 0 Å². The van der Waals surface area contributed by atoms with Crippen LogP contribution in [0.15, 0.2) is 98.9 Å². The van der Waals surface area contributed by atoms with E-state index >= 15 is 0 Å². The first kappa shape index (κ1) is 22.4. The zero-order valence-electron chi connectivity index (χ0n) is 18.4. The molecule has 0 aliphatic heterocycles. The molecule has 1 heterocycles. The predicted molar refractivity (Wildman–Crippen MR) is 138 cm³/mol. The summed E-state index contributed by atoms with van der Waals surface area (Å²) in [6.45, 7) is 0.226. The first-order valence-corrected chi connectivity index (χ1v) is 11.6. The highest BCUT2D eigenvalue weighted by atomic mass is 79.9. The Balaban J connectivity index is 1.40. The number of nitrogens with zero attached hydrogens (tertiary/aromatic N) is 2. The Hall–Kier alpha value is -4.41. The number of furan rings is 1. The van der Waals surface area contributed by atoms with Crippen LogP contribution in [0.25, 0.3) is 21.7 Å². The van der Waals surface area contributed by atoms with Crippen LogP contribution in [0.3, 0.4) is 0 Å². The molecule has 170 valence electrons. The molecule has 1 amide bonds. The second kappa shape index (κ2) is 9.84. The summed E-state index contributed by atoms with van der Waals surface area (Å²) in [5.41, 5.74) is 5.21. The molecule has 7 heteroatoms. The minimum atomic E-state index is -0.459. The van der Waals surface area contributed by atoms with Crippen LogP contribution >= 0.6 is 15.9 Å². The van der Waals surface area contributed by atoms with Gasteiger partial charge in [-0.3, -0.25) is 4.79 Å². The molecule has 0 aliphatic rings. The van der Waals surface area contributed by atoms with Crippen LogP contribution in [0.2, 0.25) is 0 Å². The summed E-state index contributed by atoms with van der Waals surface area (Å²) in [4.78, 5) is 12.6. The van der Waals surface area contributed by atoms with Crippen LogP contribution in [0.1, 0.15) is 27.2 Å². The number of halogens is 1. The lowest BCUT2D eigenvalue weighted by Gasteiger charge is -2.12. The van der Waals surface area contributed by atoms with E-state index in [0.29, 0.717) is 22.5 Å². The van der Waals surface area contributed by atoms with Gasteiger partial charge in [-0.25, -0.2) is 5.43 Å². The van der Waals surface area contributed by atoms with Gasteiger partial charge in [0.15, 0.2) is 5.76 Å². The standard InChI is InChI=1S/C28H18BrN3O3/c29-22-10-12-25-21(13-22)14-27(35-25)28(33)32-31-16-24-23-8-4-3-5-18(23)9-11-26(24)34-17-20-7-2-1-6-19(20)15-30/h1-14,16H,17H2,(H,32,33)/b31-16+. The van der Waals surface area contributed by atoms with Crippen molar-refractivity contribution in [3.63, 3.8) is 0 Å². The van der Waals surface area contributed by atoms with Crippen molar-refractivity contribution in [2.24, 2.45) is 5.10 Å². The summed E-state index contributed by atoms with van der Waals surface area (Å²) >= 11 is 3.42. The Morgan fingerprint density at radius 3 is 2.74 bits per heavy atom. The topological polar surface area (TPSA) is 87.6 Å². The number of nitrogens with one attached hydrogen (secondary N) is 1. The van der Waals surface area contributed by atoms with Gasteiger partial charge in [0.25, 0.3) is 0 Å². The Kier molecular flexibility index (Phi) is 6.29. The number of benzene rings is 4. The fourth-order valence-corrected chi connectivity index (χ4v) is 4.16. The van der Waals surface area contributed by atoms with E-state index < -0.39 is 5.91 Å². The normalized spacial score (nSPS) is 11.1. The summed E-state index contributed by atoms with van der Waals surface area (Å²) in [6, 6.07) is 28.3. The second-order valence-electron chi connectivity index (χ2n) is 7.75. The van der Waals surface area contributed by atoms with Gasteiger partial charge in [0.2, 0.25) is 0 Å². The Bertz CT molecular complexity index is 1630. The van der Waals surface area contributed by atoms with E-state index in [9.17, 15) is 10.1 Å². The number of ether oxygens (including phenoxy) is 1. The monoisotopic (exact) mass is 523 g/mol. The molecule has 6 nitrogen and oxygen atoms in total. The number of amides is 1. The maximum Gasteiger partial charge on any atom is 0.307 e. The molecule has 35 heavy (non-hydrogen) atoms. The molecule has 0 saturated carbocycles. The lowest BCUT2D eigenvalue weighted by atomic mass is 10.0. The molecule has 0 spiro atoms. The Morgan fingerprint density at radius 1 is 1.03 bits per heavy atom. The fourth-order valence-electron chi connectivity index (χ4n) is 3.78. The number of hydrogen-bond donors (Lipinski definition) is 1. The summed E-state index contributed by atoms with van der Waals surface area (Å²) in [5, 5.41) is 16.3. The van der Waals surface area contributed by atoms with E-state index in [4.69, 9.17) is 9.15 Å². The molecule has 1 N–H and O–H groups in total. The van der Waals surface area contributed by atoms with Gasteiger partial charge >= 0.3 is 5.91 Å². The number of nitriles is 1. The number of hydrazone groups is 1. The summed E-state index contributed by atoms with van der Waals surface area (Å²) in [6.07, 6.45) is 1.56. The molecule has 5 rings (SSSR count). The minimum absolute atomic E-state index is 0.165. The van der Waals surface area contributed by atoms with Gasteiger partial charge in [-0.15, -0.1) is 0 Å². The highest BCUT2D eigenvalue weighted by molar-refractivity contribution is 9.10. The molecule has 0 unspecified atom stereocenters. The van der Waals surface area contributed by atoms with Gasteiger partial charge in [0.1, 0.15) is 17.9 Å². The molecule has 0 atom stereocenters. The first-order valence-electron chi connectivity index (χ1n) is 10.8. The van der Waals surface area contributed by atoms with Crippen molar-refractivity contribution >= 4 is 49.8 Å². The van der Waals surface area contributed by atoms with Crippen molar-refractivity contribution in [1.29, 1.82) is 5.26 Å². The molecular weight excluding hydrogens is 506 g/mol. The number of fused-ring (bicyclic) bond motifs is 2. The molecule has 4 aromatic carbocycles. The van der Waals surface area contributed by atoms with Crippen LogP contribution in [-0.4, -0.2) is 12.1 Å². The smallest absolute Gasteiger partial charge is 0.307 e. The maximum atomic E-state index is 12.6. The molecular formula is C28H18BrN3O3. The van der Waals surface area contributed by atoms with Crippen LogP contribution in [0.4, 0.5) is 0 Å². The number of hydrogen-bond acceptors (Lipinski definition) is 5.